The maximum atomic E-state index is 6.29. The summed E-state index contributed by atoms with van der Waals surface area (Å²) in [6.45, 7) is 6.42. The number of hydrogen-bond donors (Lipinski definition) is 1. The predicted molar refractivity (Wildman–Crippen MR) is 86.4 cm³/mol. The summed E-state index contributed by atoms with van der Waals surface area (Å²) in [6, 6.07) is 12.1. The van der Waals surface area contributed by atoms with Crippen LogP contribution >= 0.6 is 0 Å². The van der Waals surface area contributed by atoms with Gasteiger partial charge in [0.25, 0.3) is 0 Å². The van der Waals surface area contributed by atoms with Gasteiger partial charge in [-0.1, -0.05) is 39.0 Å². The van der Waals surface area contributed by atoms with E-state index in [9.17, 15) is 0 Å². The first-order valence-corrected chi connectivity index (χ1v) is 7.54. The predicted octanol–water partition coefficient (Wildman–Crippen LogP) is 4.06. The minimum atomic E-state index is -0.155. The average Bonchev–Trinajstić information content (AvgIpc) is 2.53. The molecule has 0 aliphatic carbocycles. The van der Waals surface area contributed by atoms with E-state index in [0.717, 1.165) is 17.7 Å². The topological polar surface area (TPSA) is 48.1 Å². The van der Waals surface area contributed by atoms with Crippen molar-refractivity contribution in [2.75, 3.05) is 0 Å². The van der Waals surface area contributed by atoms with E-state index in [4.69, 9.17) is 10.5 Å². The Balaban J connectivity index is 2.32. The zero-order valence-corrected chi connectivity index (χ0v) is 13.0. The van der Waals surface area contributed by atoms with Gasteiger partial charge in [0.2, 0.25) is 0 Å². The molecule has 0 radical (unpaired) electrons. The van der Waals surface area contributed by atoms with E-state index >= 15 is 0 Å². The second-order valence-electron chi connectivity index (χ2n) is 5.58. The van der Waals surface area contributed by atoms with Crippen molar-refractivity contribution >= 4 is 0 Å². The number of benzene rings is 1. The van der Waals surface area contributed by atoms with Gasteiger partial charge in [-0.05, 0) is 41.7 Å². The molecule has 0 aliphatic heterocycles. The Morgan fingerprint density at radius 3 is 2.38 bits per heavy atom. The molecular weight excluding hydrogens is 260 g/mol. The molecule has 0 saturated carbocycles. The van der Waals surface area contributed by atoms with Gasteiger partial charge < -0.3 is 10.5 Å². The van der Waals surface area contributed by atoms with Gasteiger partial charge in [0.15, 0.2) is 0 Å². The largest absolute Gasteiger partial charge is 0.484 e. The molecule has 0 spiro atoms. The molecular formula is C18H24N2O. The fourth-order valence-corrected chi connectivity index (χ4v) is 2.37. The molecule has 3 nitrogen and oxygen atoms in total. The fourth-order valence-electron chi connectivity index (χ4n) is 2.37. The molecule has 21 heavy (non-hydrogen) atoms. The van der Waals surface area contributed by atoms with E-state index in [1.807, 2.05) is 30.3 Å². The van der Waals surface area contributed by atoms with Crippen LogP contribution in [0.1, 0.15) is 50.3 Å². The number of aromatic nitrogens is 1. The van der Waals surface area contributed by atoms with Crippen LogP contribution in [0.5, 0.6) is 5.75 Å². The molecule has 2 rings (SSSR count). The monoisotopic (exact) mass is 284 g/mol. The summed E-state index contributed by atoms with van der Waals surface area (Å²) in [5.74, 6) is 1.33. The third-order valence-electron chi connectivity index (χ3n) is 3.69. The maximum absolute atomic E-state index is 6.29. The summed E-state index contributed by atoms with van der Waals surface area (Å²) in [4.78, 5) is 4.07. The van der Waals surface area contributed by atoms with Crippen molar-refractivity contribution in [3.63, 3.8) is 0 Å². The van der Waals surface area contributed by atoms with Crippen molar-refractivity contribution in [1.29, 1.82) is 0 Å². The molecule has 1 aromatic carbocycles. The van der Waals surface area contributed by atoms with E-state index in [1.165, 1.54) is 5.56 Å². The zero-order valence-electron chi connectivity index (χ0n) is 13.0. The molecule has 0 aliphatic rings. The summed E-state index contributed by atoms with van der Waals surface area (Å²) >= 11 is 0. The van der Waals surface area contributed by atoms with Gasteiger partial charge >= 0.3 is 0 Å². The number of pyridine rings is 1. The summed E-state index contributed by atoms with van der Waals surface area (Å²) in [5, 5.41) is 0. The smallest absolute Gasteiger partial charge is 0.139 e. The molecule has 2 aromatic rings. The quantitative estimate of drug-likeness (QED) is 0.870. The summed E-state index contributed by atoms with van der Waals surface area (Å²) < 4.78 is 6.29. The third kappa shape index (κ3) is 3.82. The Labute approximate surface area is 127 Å². The fraction of sp³-hybridized carbons (Fsp3) is 0.389. The Morgan fingerprint density at radius 1 is 1.10 bits per heavy atom. The van der Waals surface area contributed by atoms with Gasteiger partial charge in [-0.2, -0.15) is 0 Å². The number of ether oxygens (including phenoxy) is 1. The van der Waals surface area contributed by atoms with Gasteiger partial charge in [0.05, 0.1) is 0 Å². The first-order chi connectivity index (χ1) is 10.1. The van der Waals surface area contributed by atoms with Crippen molar-refractivity contribution in [2.24, 2.45) is 5.73 Å². The Morgan fingerprint density at radius 2 is 1.76 bits per heavy atom. The van der Waals surface area contributed by atoms with Gasteiger partial charge in [0.1, 0.15) is 11.9 Å². The number of rotatable bonds is 6. The Hall–Kier alpha value is -1.87. The van der Waals surface area contributed by atoms with Crippen LogP contribution in [0.15, 0.2) is 48.8 Å². The maximum Gasteiger partial charge on any atom is 0.139 e. The van der Waals surface area contributed by atoms with Crippen molar-refractivity contribution in [3.8, 4) is 5.75 Å². The van der Waals surface area contributed by atoms with Gasteiger partial charge in [-0.25, -0.2) is 0 Å². The van der Waals surface area contributed by atoms with Crippen LogP contribution in [-0.2, 0) is 0 Å². The summed E-state index contributed by atoms with van der Waals surface area (Å²) in [7, 11) is 0. The van der Waals surface area contributed by atoms with Crippen LogP contribution < -0.4 is 10.5 Å². The molecule has 1 aromatic heterocycles. The molecule has 112 valence electrons. The highest BCUT2D eigenvalue weighted by Gasteiger charge is 2.22. The summed E-state index contributed by atoms with van der Waals surface area (Å²) in [6.07, 6.45) is 4.26. The van der Waals surface area contributed by atoms with E-state index in [-0.39, 0.29) is 12.1 Å². The Kier molecular flexibility index (Phi) is 5.34. The van der Waals surface area contributed by atoms with E-state index in [2.05, 4.69) is 31.8 Å². The number of nitrogens with zero attached hydrogens (tertiary/aromatic N) is 1. The lowest BCUT2D eigenvalue weighted by Crippen LogP contribution is -2.31. The molecule has 2 atom stereocenters. The highest BCUT2D eigenvalue weighted by atomic mass is 16.5. The normalized spacial score (nSPS) is 14.0. The lowest BCUT2D eigenvalue weighted by atomic mass is 10.00. The van der Waals surface area contributed by atoms with Crippen LogP contribution in [0.4, 0.5) is 0 Å². The molecule has 2 N–H and O–H groups in total. The van der Waals surface area contributed by atoms with Crippen molar-refractivity contribution in [3.05, 3.63) is 59.9 Å². The average molecular weight is 284 g/mol. The van der Waals surface area contributed by atoms with E-state index in [1.54, 1.807) is 12.4 Å². The van der Waals surface area contributed by atoms with E-state index < -0.39 is 0 Å². The number of nitrogens with two attached hydrogens (primary N) is 1. The molecule has 3 heteroatoms. The first-order valence-electron chi connectivity index (χ1n) is 7.54. The van der Waals surface area contributed by atoms with Crippen LogP contribution in [0, 0.1) is 0 Å². The molecule has 1 heterocycles. The summed E-state index contributed by atoms with van der Waals surface area (Å²) in [5.41, 5.74) is 8.55. The Bertz CT molecular complexity index is 554. The molecule has 0 fully saturated rings. The number of hydrogen-bond acceptors (Lipinski definition) is 3. The highest BCUT2D eigenvalue weighted by molar-refractivity contribution is 5.36. The van der Waals surface area contributed by atoms with Gasteiger partial charge in [0, 0.05) is 18.4 Å². The molecule has 0 bridgehead atoms. The third-order valence-corrected chi connectivity index (χ3v) is 3.69. The standard InChI is InChI=1S/C18H24N2O/c1-4-16(19)18(14-9-11-20-12-10-14)21-17-8-6-5-7-15(17)13(2)3/h5-13,16,18H,4,19H2,1-3H3. The zero-order chi connectivity index (χ0) is 15.2. The van der Waals surface area contributed by atoms with Gasteiger partial charge in [-0.15, -0.1) is 0 Å². The second-order valence-corrected chi connectivity index (χ2v) is 5.58. The van der Waals surface area contributed by atoms with Crippen molar-refractivity contribution in [1.82, 2.24) is 4.98 Å². The lowest BCUT2D eigenvalue weighted by Gasteiger charge is -2.26. The first kappa shape index (κ1) is 15.5. The molecule has 2 unspecified atom stereocenters. The minimum Gasteiger partial charge on any atom is -0.484 e. The minimum absolute atomic E-state index is 0.0485. The van der Waals surface area contributed by atoms with Crippen LogP contribution in [0.25, 0.3) is 0 Å². The second kappa shape index (κ2) is 7.23. The van der Waals surface area contributed by atoms with Crippen molar-refractivity contribution in [2.45, 2.75) is 45.3 Å². The highest BCUT2D eigenvalue weighted by Crippen LogP contribution is 2.31. The SMILES string of the molecule is CCC(N)C(Oc1ccccc1C(C)C)c1ccncc1. The van der Waals surface area contributed by atoms with Crippen molar-refractivity contribution < 1.29 is 4.74 Å². The number of para-hydroxylation sites is 1. The molecule has 0 saturated heterocycles. The van der Waals surface area contributed by atoms with E-state index in [0.29, 0.717) is 5.92 Å². The van der Waals surface area contributed by atoms with Gasteiger partial charge in [-0.3, -0.25) is 4.98 Å². The van der Waals surface area contributed by atoms with Crippen LogP contribution in [-0.4, -0.2) is 11.0 Å². The van der Waals surface area contributed by atoms with Crippen LogP contribution in [0.2, 0.25) is 0 Å². The van der Waals surface area contributed by atoms with Crippen LogP contribution in [0.3, 0.4) is 0 Å². The molecule has 0 amide bonds. The lowest BCUT2D eigenvalue weighted by molar-refractivity contribution is 0.169.